The minimum absolute atomic E-state index is 0.0484. The number of carboxylic acid groups (broad SMARTS) is 1. The topological polar surface area (TPSA) is 52.6 Å². The molecule has 138 valence electrons. The average molecular weight is 348 g/mol. The fourth-order valence-electron chi connectivity index (χ4n) is 4.14. The van der Waals surface area contributed by atoms with E-state index in [1.54, 1.807) is 0 Å². The normalized spacial score (nSPS) is 34.2. The molecule has 3 aliphatic rings. The van der Waals surface area contributed by atoms with Crippen molar-refractivity contribution in [1.82, 2.24) is 10.2 Å². The van der Waals surface area contributed by atoms with E-state index in [0.717, 1.165) is 25.8 Å². The molecule has 3 rings (SSSR count). The third-order valence-electron chi connectivity index (χ3n) is 5.77. The zero-order valence-electron chi connectivity index (χ0n) is 13.9. The van der Waals surface area contributed by atoms with E-state index < -0.39 is 18.1 Å². The summed E-state index contributed by atoms with van der Waals surface area (Å²) in [5.74, 6) is -1.33. The van der Waals surface area contributed by atoms with Crippen molar-refractivity contribution < 1.29 is 23.1 Å². The second-order valence-corrected chi connectivity index (χ2v) is 7.86. The van der Waals surface area contributed by atoms with E-state index >= 15 is 0 Å². The molecular weight excluding hydrogens is 321 g/mol. The largest absolute Gasteiger partial charge is 0.480 e. The van der Waals surface area contributed by atoms with Crippen molar-refractivity contribution in [3.05, 3.63) is 0 Å². The smallest absolute Gasteiger partial charge is 0.391 e. The van der Waals surface area contributed by atoms with Crippen LogP contribution in [0.15, 0.2) is 0 Å². The maximum atomic E-state index is 12.9. The van der Waals surface area contributed by atoms with Crippen molar-refractivity contribution in [3.8, 4) is 0 Å². The van der Waals surface area contributed by atoms with Gasteiger partial charge in [-0.15, -0.1) is 0 Å². The van der Waals surface area contributed by atoms with E-state index in [-0.39, 0.29) is 37.5 Å². The highest BCUT2D eigenvalue weighted by molar-refractivity contribution is 5.69. The van der Waals surface area contributed by atoms with Crippen molar-refractivity contribution in [2.45, 2.75) is 75.7 Å². The Labute approximate surface area is 140 Å². The van der Waals surface area contributed by atoms with Gasteiger partial charge in [-0.3, -0.25) is 9.69 Å². The van der Waals surface area contributed by atoms with Crippen LogP contribution in [0, 0.1) is 11.8 Å². The first-order valence-electron chi connectivity index (χ1n) is 9.10. The van der Waals surface area contributed by atoms with Gasteiger partial charge in [-0.05, 0) is 50.9 Å². The average Bonchev–Trinajstić information content (AvgIpc) is 3.24. The second-order valence-electron chi connectivity index (χ2n) is 7.86. The lowest BCUT2D eigenvalue weighted by Crippen LogP contribution is -2.56. The van der Waals surface area contributed by atoms with E-state index in [1.807, 2.05) is 0 Å². The van der Waals surface area contributed by atoms with E-state index in [2.05, 4.69) is 10.2 Å². The molecule has 0 bridgehead atoms. The molecule has 3 aliphatic carbocycles. The predicted octanol–water partition coefficient (Wildman–Crippen LogP) is 3.02. The molecular formula is C17H27F3N2O2. The monoisotopic (exact) mass is 348 g/mol. The van der Waals surface area contributed by atoms with Gasteiger partial charge in [0.25, 0.3) is 0 Å². The Balaban J connectivity index is 1.43. The predicted molar refractivity (Wildman–Crippen MR) is 83.7 cm³/mol. The SMILES string of the molecule is O=C(O)CN(CC1CC1)C1CC(NC2CCCC(C(F)(F)F)C2)C1. The van der Waals surface area contributed by atoms with Crippen LogP contribution in [-0.2, 0) is 4.79 Å². The van der Waals surface area contributed by atoms with E-state index in [4.69, 9.17) is 5.11 Å². The summed E-state index contributed by atoms with van der Waals surface area (Å²) in [6, 6.07) is 0.455. The highest BCUT2D eigenvalue weighted by Gasteiger charge is 2.43. The molecule has 0 aliphatic heterocycles. The molecule has 0 aromatic carbocycles. The minimum atomic E-state index is -4.08. The van der Waals surface area contributed by atoms with Crippen molar-refractivity contribution in [1.29, 1.82) is 0 Å². The number of alkyl halides is 3. The molecule has 2 unspecified atom stereocenters. The van der Waals surface area contributed by atoms with Gasteiger partial charge < -0.3 is 10.4 Å². The summed E-state index contributed by atoms with van der Waals surface area (Å²) >= 11 is 0. The Morgan fingerprint density at radius 2 is 1.79 bits per heavy atom. The standard InChI is InChI=1S/C17H27F3N2O2/c18-17(19,20)12-2-1-3-13(6-12)21-14-7-15(8-14)22(10-16(23)24)9-11-4-5-11/h11-15,21H,1-10H2,(H,23,24). The molecule has 0 heterocycles. The lowest BCUT2D eigenvalue weighted by Gasteiger charge is -2.45. The second kappa shape index (κ2) is 7.20. The highest BCUT2D eigenvalue weighted by Crippen LogP contribution is 2.39. The van der Waals surface area contributed by atoms with Crippen LogP contribution in [0.5, 0.6) is 0 Å². The van der Waals surface area contributed by atoms with Crippen molar-refractivity contribution in [2.24, 2.45) is 11.8 Å². The first-order chi connectivity index (χ1) is 11.3. The highest BCUT2D eigenvalue weighted by atomic mass is 19.4. The Hall–Kier alpha value is -0.820. The summed E-state index contributed by atoms with van der Waals surface area (Å²) in [6.07, 6.45) is 1.88. The number of hydrogen-bond donors (Lipinski definition) is 2. The molecule has 0 spiro atoms. The third-order valence-corrected chi connectivity index (χ3v) is 5.77. The molecule has 0 amide bonds. The van der Waals surface area contributed by atoms with Crippen LogP contribution in [0.3, 0.4) is 0 Å². The number of hydrogen-bond acceptors (Lipinski definition) is 3. The molecule has 24 heavy (non-hydrogen) atoms. The summed E-state index contributed by atoms with van der Waals surface area (Å²) in [5.41, 5.74) is 0. The molecule has 2 N–H and O–H groups in total. The quantitative estimate of drug-likeness (QED) is 0.743. The first kappa shape index (κ1) is 18.0. The van der Waals surface area contributed by atoms with Crippen LogP contribution in [-0.4, -0.2) is 53.4 Å². The van der Waals surface area contributed by atoms with Gasteiger partial charge in [0.15, 0.2) is 0 Å². The Kier molecular flexibility index (Phi) is 5.39. The van der Waals surface area contributed by atoms with Gasteiger partial charge >= 0.3 is 12.1 Å². The van der Waals surface area contributed by atoms with Crippen molar-refractivity contribution >= 4 is 5.97 Å². The number of aliphatic carboxylic acids is 1. The number of rotatable bonds is 7. The Morgan fingerprint density at radius 1 is 1.08 bits per heavy atom. The van der Waals surface area contributed by atoms with Gasteiger partial charge in [-0.1, -0.05) is 6.42 Å². The van der Waals surface area contributed by atoms with Gasteiger partial charge in [-0.25, -0.2) is 0 Å². The van der Waals surface area contributed by atoms with Crippen LogP contribution in [0.4, 0.5) is 13.2 Å². The number of carboxylic acids is 1. The van der Waals surface area contributed by atoms with Crippen LogP contribution >= 0.6 is 0 Å². The first-order valence-corrected chi connectivity index (χ1v) is 9.10. The number of halogens is 3. The fourth-order valence-corrected chi connectivity index (χ4v) is 4.14. The zero-order chi connectivity index (χ0) is 17.3. The van der Waals surface area contributed by atoms with Crippen molar-refractivity contribution in [3.63, 3.8) is 0 Å². The van der Waals surface area contributed by atoms with Gasteiger partial charge in [0.05, 0.1) is 12.5 Å². The van der Waals surface area contributed by atoms with E-state index in [9.17, 15) is 18.0 Å². The Bertz CT molecular complexity index is 448. The van der Waals surface area contributed by atoms with Gasteiger partial charge in [0.1, 0.15) is 0 Å². The van der Waals surface area contributed by atoms with Gasteiger partial charge in [0, 0.05) is 24.7 Å². The molecule has 2 atom stereocenters. The van der Waals surface area contributed by atoms with Crippen LogP contribution in [0.2, 0.25) is 0 Å². The molecule has 7 heteroatoms. The van der Waals surface area contributed by atoms with Gasteiger partial charge in [-0.2, -0.15) is 13.2 Å². The van der Waals surface area contributed by atoms with E-state index in [1.165, 1.54) is 12.8 Å². The van der Waals surface area contributed by atoms with Crippen LogP contribution < -0.4 is 5.32 Å². The lowest BCUT2D eigenvalue weighted by atomic mass is 9.81. The van der Waals surface area contributed by atoms with Crippen LogP contribution in [0.1, 0.15) is 51.4 Å². The van der Waals surface area contributed by atoms with Gasteiger partial charge in [0.2, 0.25) is 0 Å². The maximum Gasteiger partial charge on any atom is 0.391 e. The summed E-state index contributed by atoms with van der Waals surface area (Å²) in [6.45, 7) is 0.927. The molecule has 0 aromatic rings. The minimum Gasteiger partial charge on any atom is -0.480 e. The molecule has 3 fully saturated rings. The zero-order valence-corrected chi connectivity index (χ0v) is 13.9. The molecule has 0 radical (unpaired) electrons. The molecule has 3 saturated carbocycles. The number of nitrogens with one attached hydrogen (secondary N) is 1. The third kappa shape index (κ3) is 4.85. The summed E-state index contributed by atoms with van der Waals surface area (Å²) in [4.78, 5) is 13.1. The van der Waals surface area contributed by atoms with E-state index in [0.29, 0.717) is 12.3 Å². The molecule has 0 saturated heterocycles. The molecule has 4 nitrogen and oxygen atoms in total. The molecule has 0 aromatic heterocycles. The van der Waals surface area contributed by atoms with Crippen molar-refractivity contribution in [2.75, 3.05) is 13.1 Å². The summed E-state index contributed by atoms with van der Waals surface area (Å²) in [7, 11) is 0. The van der Waals surface area contributed by atoms with Crippen LogP contribution in [0.25, 0.3) is 0 Å². The summed E-state index contributed by atoms with van der Waals surface area (Å²) < 4.78 is 38.6. The lowest BCUT2D eigenvalue weighted by molar-refractivity contribution is -0.184. The number of carbonyl (C=O) groups is 1. The Morgan fingerprint density at radius 3 is 2.38 bits per heavy atom. The summed E-state index contributed by atoms with van der Waals surface area (Å²) in [5, 5.41) is 12.4. The maximum absolute atomic E-state index is 12.9. The number of nitrogens with zero attached hydrogens (tertiary/aromatic N) is 1. The fraction of sp³-hybridized carbons (Fsp3) is 0.941.